The van der Waals surface area contributed by atoms with E-state index < -0.39 is 0 Å². The summed E-state index contributed by atoms with van der Waals surface area (Å²) in [6.07, 6.45) is 4.82. The Kier molecular flexibility index (Phi) is 3.39. The molecule has 1 aliphatic carbocycles. The van der Waals surface area contributed by atoms with Gasteiger partial charge >= 0.3 is 0 Å². The van der Waals surface area contributed by atoms with Crippen LogP contribution in [0.4, 0.5) is 0 Å². The maximum Gasteiger partial charge on any atom is 0.220 e. The Bertz CT molecular complexity index is 160. The number of halogens is 1. The maximum absolute atomic E-state index is 11.2. The molecular formula is C9H16ClNO. The third-order valence-electron chi connectivity index (χ3n) is 2.45. The molecule has 1 saturated carbocycles. The largest absolute Gasteiger partial charge is 0.349 e. The third-order valence-corrected chi connectivity index (χ3v) is 2.96. The Labute approximate surface area is 78.7 Å². The zero-order valence-electron chi connectivity index (χ0n) is 7.53. The van der Waals surface area contributed by atoms with Crippen molar-refractivity contribution in [2.45, 2.75) is 44.6 Å². The van der Waals surface area contributed by atoms with Crippen LogP contribution in [-0.4, -0.2) is 17.3 Å². The number of amides is 1. The number of hydrogen-bond acceptors (Lipinski definition) is 1. The quantitative estimate of drug-likeness (QED) is 0.674. The van der Waals surface area contributed by atoms with Crippen molar-refractivity contribution in [3.8, 4) is 0 Å². The van der Waals surface area contributed by atoms with Gasteiger partial charge < -0.3 is 5.32 Å². The molecule has 0 saturated heterocycles. The summed E-state index contributed by atoms with van der Waals surface area (Å²) < 4.78 is 0. The van der Waals surface area contributed by atoms with Gasteiger partial charge in [0, 0.05) is 12.3 Å². The number of nitrogens with one attached hydrogen (secondary N) is 1. The van der Waals surface area contributed by atoms with Crippen molar-refractivity contribution in [3.05, 3.63) is 0 Å². The van der Waals surface area contributed by atoms with Crippen LogP contribution in [-0.2, 0) is 4.79 Å². The molecule has 3 heteroatoms. The molecule has 0 aliphatic heterocycles. The van der Waals surface area contributed by atoms with E-state index in [9.17, 15) is 4.79 Å². The number of rotatable bonds is 4. The van der Waals surface area contributed by atoms with Crippen LogP contribution in [0.3, 0.4) is 0 Å². The fourth-order valence-corrected chi connectivity index (χ4v) is 1.81. The fraction of sp³-hybridized carbons (Fsp3) is 0.889. The van der Waals surface area contributed by atoms with Crippen molar-refractivity contribution < 1.29 is 4.79 Å². The molecule has 0 atom stereocenters. The lowest BCUT2D eigenvalue weighted by atomic mass is 9.78. The van der Waals surface area contributed by atoms with Gasteiger partial charge in [0.1, 0.15) is 0 Å². The van der Waals surface area contributed by atoms with E-state index in [1.54, 1.807) is 0 Å². The highest BCUT2D eigenvalue weighted by Gasteiger charge is 2.37. The fourth-order valence-electron chi connectivity index (χ4n) is 1.48. The zero-order chi connectivity index (χ0) is 9.03. The molecule has 0 heterocycles. The van der Waals surface area contributed by atoms with E-state index in [2.05, 4.69) is 5.32 Å². The summed E-state index contributed by atoms with van der Waals surface area (Å²) in [6.45, 7) is 2.01. The van der Waals surface area contributed by atoms with Crippen LogP contribution in [0.5, 0.6) is 0 Å². The van der Waals surface area contributed by atoms with E-state index in [1.807, 2.05) is 6.92 Å². The van der Waals surface area contributed by atoms with Crippen LogP contribution in [0.2, 0.25) is 0 Å². The molecule has 1 N–H and O–H groups in total. The van der Waals surface area contributed by atoms with E-state index in [4.69, 9.17) is 11.6 Å². The second kappa shape index (κ2) is 4.13. The topological polar surface area (TPSA) is 29.1 Å². The second-order valence-electron chi connectivity index (χ2n) is 3.57. The van der Waals surface area contributed by atoms with Crippen LogP contribution in [0.25, 0.3) is 0 Å². The molecule has 1 rings (SSSR count). The lowest BCUT2D eigenvalue weighted by Gasteiger charge is -2.41. The van der Waals surface area contributed by atoms with Crippen molar-refractivity contribution in [1.29, 1.82) is 0 Å². The zero-order valence-corrected chi connectivity index (χ0v) is 8.28. The summed E-state index contributed by atoms with van der Waals surface area (Å²) in [5.41, 5.74) is -0.0478. The molecule has 0 unspecified atom stereocenters. The summed E-state index contributed by atoms with van der Waals surface area (Å²) >= 11 is 5.79. The molecule has 0 aromatic carbocycles. The summed E-state index contributed by atoms with van der Waals surface area (Å²) in [5.74, 6) is 0.709. The highest BCUT2D eigenvalue weighted by molar-refractivity contribution is 6.18. The second-order valence-corrected chi connectivity index (χ2v) is 3.83. The van der Waals surface area contributed by atoms with Crippen LogP contribution in [0, 0.1) is 0 Å². The third kappa shape index (κ3) is 2.13. The Balaban J connectivity index is 2.32. The van der Waals surface area contributed by atoms with E-state index in [-0.39, 0.29) is 11.4 Å². The minimum absolute atomic E-state index is 0.0478. The standard InChI is InChI=1S/C9H16ClNO/c1-2-4-8(12)11-9(7-10)5-3-6-9/h2-7H2,1H3,(H,11,12). The number of hydrogen-bond donors (Lipinski definition) is 1. The van der Waals surface area contributed by atoms with Gasteiger partial charge in [0.05, 0.1) is 5.54 Å². The Morgan fingerprint density at radius 1 is 1.58 bits per heavy atom. The minimum Gasteiger partial charge on any atom is -0.349 e. The summed E-state index contributed by atoms with van der Waals surface area (Å²) in [6, 6.07) is 0. The van der Waals surface area contributed by atoms with Crippen molar-refractivity contribution in [2.75, 3.05) is 5.88 Å². The Hall–Kier alpha value is -0.240. The molecule has 0 aromatic heterocycles. The average Bonchev–Trinajstić information content (AvgIpc) is 1.97. The van der Waals surface area contributed by atoms with E-state index in [0.717, 1.165) is 19.3 Å². The van der Waals surface area contributed by atoms with Crippen molar-refractivity contribution in [2.24, 2.45) is 0 Å². The molecule has 1 aliphatic rings. The molecule has 1 fully saturated rings. The van der Waals surface area contributed by atoms with Crippen LogP contribution in [0.1, 0.15) is 39.0 Å². The molecule has 12 heavy (non-hydrogen) atoms. The summed E-state index contributed by atoms with van der Waals surface area (Å²) in [5, 5.41) is 3.01. The normalized spacial score (nSPS) is 19.8. The van der Waals surface area contributed by atoms with Gasteiger partial charge in [-0.05, 0) is 25.7 Å². The van der Waals surface area contributed by atoms with Gasteiger partial charge in [-0.25, -0.2) is 0 Å². The van der Waals surface area contributed by atoms with Gasteiger partial charge in [-0.2, -0.15) is 0 Å². The molecule has 0 spiro atoms. The first-order valence-electron chi connectivity index (χ1n) is 4.59. The lowest BCUT2D eigenvalue weighted by molar-refractivity contribution is -0.123. The van der Waals surface area contributed by atoms with Crippen LogP contribution >= 0.6 is 11.6 Å². The first-order chi connectivity index (χ1) is 5.72. The van der Waals surface area contributed by atoms with Crippen molar-refractivity contribution in [1.82, 2.24) is 5.32 Å². The molecule has 0 bridgehead atoms. The molecule has 0 radical (unpaired) electrons. The molecular weight excluding hydrogens is 174 g/mol. The van der Waals surface area contributed by atoms with Crippen molar-refractivity contribution in [3.63, 3.8) is 0 Å². The highest BCUT2D eigenvalue weighted by Crippen LogP contribution is 2.32. The highest BCUT2D eigenvalue weighted by atomic mass is 35.5. The maximum atomic E-state index is 11.2. The van der Waals surface area contributed by atoms with Gasteiger partial charge in [-0.1, -0.05) is 6.92 Å². The van der Waals surface area contributed by atoms with Crippen LogP contribution < -0.4 is 5.32 Å². The SMILES string of the molecule is CCCC(=O)NC1(CCl)CCC1. The first-order valence-corrected chi connectivity index (χ1v) is 5.13. The first kappa shape index (κ1) is 9.85. The lowest BCUT2D eigenvalue weighted by Crippen LogP contribution is -2.54. The predicted octanol–water partition coefficient (Wildman–Crippen LogP) is 2.06. The summed E-state index contributed by atoms with van der Waals surface area (Å²) in [4.78, 5) is 11.2. The van der Waals surface area contributed by atoms with Gasteiger partial charge in [-0.15, -0.1) is 11.6 Å². The van der Waals surface area contributed by atoms with Crippen LogP contribution in [0.15, 0.2) is 0 Å². The minimum atomic E-state index is -0.0478. The Morgan fingerprint density at radius 2 is 2.25 bits per heavy atom. The van der Waals surface area contributed by atoms with E-state index >= 15 is 0 Å². The number of carbonyl (C=O) groups is 1. The smallest absolute Gasteiger partial charge is 0.220 e. The van der Waals surface area contributed by atoms with Gasteiger partial charge in [0.2, 0.25) is 5.91 Å². The predicted molar refractivity (Wildman–Crippen MR) is 50.4 cm³/mol. The number of carbonyl (C=O) groups excluding carboxylic acids is 1. The molecule has 1 amide bonds. The monoisotopic (exact) mass is 189 g/mol. The van der Waals surface area contributed by atoms with E-state index in [1.165, 1.54) is 6.42 Å². The number of alkyl halides is 1. The Morgan fingerprint density at radius 3 is 2.58 bits per heavy atom. The van der Waals surface area contributed by atoms with Gasteiger partial charge in [0.15, 0.2) is 0 Å². The summed E-state index contributed by atoms with van der Waals surface area (Å²) in [7, 11) is 0. The molecule has 0 aromatic rings. The van der Waals surface area contributed by atoms with E-state index in [0.29, 0.717) is 12.3 Å². The average molecular weight is 190 g/mol. The molecule has 2 nitrogen and oxygen atoms in total. The van der Waals surface area contributed by atoms with Crippen molar-refractivity contribution >= 4 is 17.5 Å². The van der Waals surface area contributed by atoms with Gasteiger partial charge in [-0.3, -0.25) is 4.79 Å². The molecule has 70 valence electrons. The van der Waals surface area contributed by atoms with Gasteiger partial charge in [0.25, 0.3) is 0 Å².